The molecule has 1 rings (SSSR count). The summed E-state index contributed by atoms with van der Waals surface area (Å²) in [5, 5.41) is 14.3. The van der Waals surface area contributed by atoms with E-state index in [1.54, 1.807) is 0 Å². The molecule has 0 aromatic carbocycles. The molecular formula is C11H20N2O3. The van der Waals surface area contributed by atoms with Gasteiger partial charge in [0.1, 0.15) is 0 Å². The third-order valence-corrected chi connectivity index (χ3v) is 2.85. The number of urea groups is 1. The predicted molar refractivity (Wildman–Crippen MR) is 60.2 cm³/mol. The summed E-state index contributed by atoms with van der Waals surface area (Å²) in [5.41, 5.74) is -0.507. The number of nitrogens with one attached hydrogen (secondary N) is 2. The van der Waals surface area contributed by atoms with Gasteiger partial charge in [0, 0.05) is 6.54 Å². The average Bonchev–Trinajstić information content (AvgIpc) is 2.10. The normalized spacial score (nSPS) is 17.7. The molecule has 92 valence electrons. The predicted octanol–water partition coefficient (Wildman–Crippen LogP) is 1.34. The van der Waals surface area contributed by atoms with E-state index in [9.17, 15) is 9.59 Å². The second-order valence-electron chi connectivity index (χ2n) is 4.93. The van der Waals surface area contributed by atoms with Crippen LogP contribution >= 0.6 is 0 Å². The van der Waals surface area contributed by atoms with E-state index in [1.807, 2.05) is 13.8 Å². The number of carboxylic acids is 1. The van der Waals surface area contributed by atoms with Crippen molar-refractivity contribution in [2.45, 2.75) is 45.1 Å². The van der Waals surface area contributed by atoms with Crippen LogP contribution in [0.3, 0.4) is 0 Å². The molecule has 0 atom stereocenters. The molecule has 0 radical (unpaired) electrons. The number of amides is 2. The van der Waals surface area contributed by atoms with Gasteiger partial charge in [-0.1, -0.05) is 13.8 Å². The zero-order valence-corrected chi connectivity index (χ0v) is 9.88. The van der Waals surface area contributed by atoms with Gasteiger partial charge in [-0.15, -0.1) is 0 Å². The van der Waals surface area contributed by atoms with Gasteiger partial charge in [0.2, 0.25) is 0 Å². The summed E-state index contributed by atoms with van der Waals surface area (Å²) in [7, 11) is 0. The summed E-state index contributed by atoms with van der Waals surface area (Å²) < 4.78 is 0. The summed E-state index contributed by atoms with van der Waals surface area (Å²) in [4.78, 5) is 22.2. The largest absolute Gasteiger partial charge is 0.481 e. The molecule has 0 saturated heterocycles. The Labute approximate surface area is 95.6 Å². The highest BCUT2D eigenvalue weighted by atomic mass is 16.4. The van der Waals surface area contributed by atoms with Gasteiger partial charge in [0.25, 0.3) is 0 Å². The highest BCUT2D eigenvalue weighted by molar-refractivity contribution is 5.77. The van der Waals surface area contributed by atoms with Crippen LogP contribution in [0.1, 0.15) is 39.5 Å². The summed E-state index contributed by atoms with van der Waals surface area (Å²) in [5.74, 6) is -0.466. The van der Waals surface area contributed by atoms with Gasteiger partial charge in [0.15, 0.2) is 0 Å². The van der Waals surface area contributed by atoms with Crippen molar-refractivity contribution in [3.63, 3.8) is 0 Å². The average molecular weight is 228 g/mol. The number of carbonyl (C=O) groups is 2. The van der Waals surface area contributed by atoms with Crippen LogP contribution in [0, 0.1) is 5.92 Å². The minimum absolute atomic E-state index is 0.0160. The van der Waals surface area contributed by atoms with Gasteiger partial charge < -0.3 is 15.7 Å². The Kier molecular flexibility index (Phi) is 4.15. The Bertz CT molecular complexity index is 272. The Morgan fingerprint density at radius 1 is 1.38 bits per heavy atom. The molecule has 5 heteroatoms. The van der Waals surface area contributed by atoms with Gasteiger partial charge in [0.05, 0.1) is 12.0 Å². The highest BCUT2D eigenvalue weighted by Crippen LogP contribution is 2.34. The number of aliphatic carboxylic acids is 1. The van der Waals surface area contributed by atoms with Crippen LogP contribution in [-0.4, -0.2) is 29.2 Å². The van der Waals surface area contributed by atoms with Crippen molar-refractivity contribution in [2.75, 3.05) is 6.54 Å². The maximum absolute atomic E-state index is 11.5. The summed E-state index contributed by atoms with van der Waals surface area (Å²) >= 11 is 0. The molecule has 2 amide bonds. The Morgan fingerprint density at radius 3 is 2.38 bits per heavy atom. The molecule has 1 fully saturated rings. The van der Waals surface area contributed by atoms with Crippen LogP contribution in [-0.2, 0) is 4.79 Å². The molecule has 16 heavy (non-hydrogen) atoms. The second-order valence-corrected chi connectivity index (χ2v) is 4.93. The van der Waals surface area contributed by atoms with E-state index >= 15 is 0 Å². The first kappa shape index (κ1) is 12.8. The van der Waals surface area contributed by atoms with Crippen molar-refractivity contribution in [1.82, 2.24) is 10.6 Å². The van der Waals surface area contributed by atoms with E-state index in [4.69, 9.17) is 5.11 Å². The summed E-state index contributed by atoms with van der Waals surface area (Å²) in [6.45, 7) is 4.63. The lowest BCUT2D eigenvalue weighted by Crippen LogP contribution is -2.57. The first-order valence-corrected chi connectivity index (χ1v) is 5.71. The van der Waals surface area contributed by atoms with E-state index in [-0.39, 0.29) is 12.5 Å². The zero-order chi connectivity index (χ0) is 12.2. The molecule has 3 N–H and O–H groups in total. The van der Waals surface area contributed by atoms with Gasteiger partial charge in [-0.05, 0) is 25.2 Å². The highest BCUT2D eigenvalue weighted by Gasteiger charge is 2.40. The standard InChI is InChI=1S/C11H20N2O3/c1-8(2)7-12-10(16)13-11(4-3-5-11)6-9(14)15/h8H,3-7H2,1-2H3,(H,14,15)(H2,12,13,16). The van der Waals surface area contributed by atoms with Crippen molar-refractivity contribution >= 4 is 12.0 Å². The number of rotatable bonds is 5. The van der Waals surface area contributed by atoms with Gasteiger partial charge in [-0.25, -0.2) is 4.79 Å². The van der Waals surface area contributed by atoms with Crippen LogP contribution in [0.2, 0.25) is 0 Å². The van der Waals surface area contributed by atoms with Crippen LogP contribution < -0.4 is 10.6 Å². The van der Waals surface area contributed by atoms with Gasteiger partial charge in [-0.2, -0.15) is 0 Å². The quantitative estimate of drug-likeness (QED) is 0.664. The SMILES string of the molecule is CC(C)CNC(=O)NC1(CC(=O)O)CCC1. The molecule has 0 spiro atoms. The van der Waals surface area contributed by atoms with Crippen molar-refractivity contribution in [3.8, 4) is 0 Å². The van der Waals surface area contributed by atoms with Crippen LogP contribution in [0.25, 0.3) is 0 Å². The maximum Gasteiger partial charge on any atom is 0.315 e. The summed E-state index contributed by atoms with van der Waals surface area (Å²) in [6, 6.07) is -0.255. The Morgan fingerprint density at radius 2 is 2.00 bits per heavy atom. The van der Waals surface area contributed by atoms with E-state index in [0.717, 1.165) is 19.3 Å². The number of carboxylic acid groups (broad SMARTS) is 1. The third kappa shape index (κ3) is 3.72. The summed E-state index contributed by atoms with van der Waals surface area (Å²) in [6.07, 6.45) is 2.52. The molecular weight excluding hydrogens is 208 g/mol. The molecule has 1 aliphatic carbocycles. The fraction of sp³-hybridized carbons (Fsp3) is 0.818. The van der Waals surface area contributed by atoms with E-state index in [2.05, 4.69) is 10.6 Å². The smallest absolute Gasteiger partial charge is 0.315 e. The molecule has 0 bridgehead atoms. The number of hydrogen-bond donors (Lipinski definition) is 3. The van der Waals surface area contributed by atoms with Crippen molar-refractivity contribution < 1.29 is 14.7 Å². The fourth-order valence-electron chi connectivity index (χ4n) is 1.82. The molecule has 1 saturated carbocycles. The maximum atomic E-state index is 11.5. The molecule has 0 aromatic heterocycles. The first-order valence-electron chi connectivity index (χ1n) is 5.71. The molecule has 0 unspecified atom stereocenters. The molecule has 0 aliphatic heterocycles. The molecule has 0 aromatic rings. The minimum atomic E-state index is -0.858. The first-order chi connectivity index (χ1) is 7.43. The lowest BCUT2D eigenvalue weighted by molar-refractivity contribution is -0.139. The number of hydrogen-bond acceptors (Lipinski definition) is 2. The molecule has 5 nitrogen and oxygen atoms in total. The van der Waals surface area contributed by atoms with Crippen LogP contribution in [0.15, 0.2) is 0 Å². The van der Waals surface area contributed by atoms with Crippen molar-refractivity contribution in [1.29, 1.82) is 0 Å². The fourth-order valence-corrected chi connectivity index (χ4v) is 1.82. The second kappa shape index (κ2) is 5.18. The van der Waals surface area contributed by atoms with E-state index in [1.165, 1.54) is 0 Å². The van der Waals surface area contributed by atoms with Crippen molar-refractivity contribution in [2.24, 2.45) is 5.92 Å². The minimum Gasteiger partial charge on any atom is -0.481 e. The van der Waals surface area contributed by atoms with Gasteiger partial charge >= 0.3 is 12.0 Å². The van der Waals surface area contributed by atoms with Crippen LogP contribution in [0.5, 0.6) is 0 Å². The van der Waals surface area contributed by atoms with E-state index in [0.29, 0.717) is 12.5 Å². The molecule has 1 aliphatic rings. The van der Waals surface area contributed by atoms with Crippen LogP contribution in [0.4, 0.5) is 4.79 Å². The lowest BCUT2D eigenvalue weighted by Gasteiger charge is -2.41. The number of carbonyl (C=O) groups excluding carboxylic acids is 1. The third-order valence-electron chi connectivity index (χ3n) is 2.85. The molecule has 0 heterocycles. The zero-order valence-electron chi connectivity index (χ0n) is 9.88. The van der Waals surface area contributed by atoms with Crippen molar-refractivity contribution in [3.05, 3.63) is 0 Å². The topological polar surface area (TPSA) is 78.4 Å². The van der Waals surface area contributed by atoms with E-state index < -0.39 is 11.5 Å². The lowest BCUT2D eigenvalue weighted by atomic mass is 9.74. The van der Waals surface area contributed by atoms with Gasteiger partial charge in [-0.3, -0.25) is 4.79 Å². The Hall–Kier alpha value is -1.26. The Balaban J connectivity index is 2.38. The monoisotopic (exact) mass is 228 g/mol.